The average molecular weight is 806 g/mol. The third kappa shape index (κ3) is 41.1. The highest BCUT2D eigenvalue weighted by molar-refractivity contribution is 5.77. The maximum absolute atomic E-state index is 13.1. The minimum absolute atomic E-state index is 0.0729. The topological polar surface area (TPSA) is 95.9 Å². The number of carbonyl (C=O) groups excluding carboxylic acids is 2. The third-order valence-electron chi connectivity index (χ3n) is 11.8. The summed E-state index contributed by atoms with van der Waals surface area (Å²) in [7, 11) is 0. The van der Waals surface area contributed by atoms with Gasteiger partial charge in [0.25, 0.3) is 0 Å². The van der Waals surface area contributed by atoms with E-state index in [2.05, 4.69) is 38.2 Å². The summed E-state index contributed by atoms with van der Waals surface area (Å²) >= 11 is 0. The van der Waals surface area contributed by atoms with Gasteiger partial charge in [-0.1, -0.05) is 226 Å². The van der Waals surface area contributed by atoms with E-state index in [1.54, 1.807) is 0 Å². The van der Waals surface area contributed by atoms with E-state index in [9.17, 15) is 19.8 Å². The first-order chi connectivity index (χ1) is 28.0. The van der Waals surface area contributed by atoms with Gasteiger partial charge in [-0.05, 0) is 51.4 Å². The molecule has 1 amide bonds. The van der Waals surface area contributed by atoms with E-state index in [1.807, 2.05) is 0 Å². The van der Waals surface area contributed by atoms with Crippen molar-refractivity contribution in [2.24, 2.45) is 0 Å². The van der Waals surface area contributed by atoms with Crippen molar-refractivity contribution in [1.29, 1.82) is 0 Å². The van der Waals surface area contributed by atoms with Gasteiger partial charge in [-0.15, -0.1) is 0 Å². The second-order valence-corrected chi connectivity index (χ2v) is 17.6. The zero-order chi connectivity index (χ0) is 41.7. The third-order valence-corrected chi connectivity index (χ3v) is 11.8. The molecule has 0 saturated carbocycles. The molecule has 338 valence electrons. The lowest BCUT2D eigenvalue weighted by Crippen LogP contribution is -2.46. The van der Waals surface area contributed by atoms with Gasteiger partial charge in [0.2, 0.25) is 5.91 Å². The Kier molecular flexibility index (Phi) is 44.6. The first-order valence-electron chi connectivity index (χ1n) is 25.4. The normalized spacial score (nSPS) is 13.3. The number of aliphatic hydroxyl groups excluding tert-OH is 2. The van der Waals surface area contributed by atoms with Crippen LogP contribution in [0.15, 0.2) is 12.2 Å². The highest BCUT2D eigenvalue weighted by Crippen LogP contribution is 2.18. The number of ether oxygens (including phenoxy) is 1. The number of aliphatic hydroxyl groups is 2. The molecular formula is C51H99NO5. The van der Waals surface area contributed by atoms with Crippen LogP contribution in [0.4, 0.5) is 0 Å². The lowest BCUT2D eigenvalue weighted by molar-refractivity contribution is -0.151. The monoisotopic (exact) mass is 806 g/mol. The van der Waals surface area contributed by atoms with E-state index in [4.69, 9.17) is 4.74 Å². The molecule has 0 spiro atoms. The molecule has 6 heteroatoms. The zero-order valence-corrected chi connectivity index (χ0v) is 38.5. The van der Waals surface area contributed by atoms with Gasteiger partial charge in [-0.3, -0.25) is 9.59 Å². The molecule has 0 aromatic rings. The molecule has 0 fully saturated rings. The molecule has 0 heterocycles. The fourth-order valence-electron chi connectivity index (χ4n) is 7.96. The van der Waals surface area contributed by atoms with Crippen LogP contribution in [0, 0.1) is 0 Å². The van der Waals surface area contributed by atoms with E-state index in [-0.39, 0.29) is 24.9 Å². The van der Waals surface area contributed by atoms with E-state index >= 15 is 0 Å². The molecule has 0 aromatic heterocycles. The molecule has 0 bridgehead atoms. The summed E-state index contributed by atoms with van der Waals surface area (Å²) in [5.41, 5.74) is 0. The second-order valence-electron chi connectivity index (χ2n) is 17.6. The number of carbonyl (C=O) groups is 2. The molecule has 0 aliphatic heterocycles. The highest BCUT2D eigenvalue weighted by atomic mass is 16.5. The molecule has 3 atom stereocenters. The van der Waals surface area contributed by atoms with E-state index in [0.717, 1.165) is 70.6 Å². The molecule has 6 nitrogen and oxygen atoms in total. The maximum Gasteiger partial charge on any atom is 0.306 e. The highest BCUT2D eigenvalue weighted by Gasteiger charge is 2.24. The summed E-state index contributed by atoms with van der Waals surface area (Å²) < 4.78 is 5.91. The summed E-state index contributed by atoms with van der Waals surface area (Å²) in [6.07, 6.45) is 50.0. The van der Waals surface area contributed by atoms with Crippen LogP contribution >= 0.6 is 0 Å². The van der Waals surface area contributed by atoms with Gasteiger partial charge in [0, 0.05) is 6.42 Å². The van der Waals surface area contributed by atoms with Crippen molar-refractivity contribution in [2.45, 2.75) is 296 Å². The van der Waals surface area contributed by atoms with Crippen molar-refractivity contribution in [1.82, 2.24) is 5.32 Å². The Morgan fingerprint density at radius 1 is 0.491 bits per heavy atom. The molecular weight excluding hydrogens is 707 g/mol. The van der Waals surface area contributed by atoms with Crippen molar-refractivity contribution in [3.63, 3.8) is 0 Å². The summed E-state index contributed by atoms with van der Waals surface area (Å²) in [6, 6.07) is -0.698. The van der Waals surface area contributed by atoms with E-state index < -0.39 is 18.2 Å². The van der Waals surface area contributed by atoms with Crippen LogP contribution in [-0.4, -0.2) is 46.9 Å². The van der Waals surface area contributed by atoms with Crippen molar-refractivity contribution in [2.75, 3.05) is 6.61 Å². The Morgan fingerprint density at radius 2 is 0.842 bits per heavy atom. The Morgan fingerprint density at radius 3 is 1.28 bits per heavy atom. The van der Waals surface area contributed by atoms with Gasteiger partial charge in [0.05, 0.1) is 25.2 Å². The fraction of sp³-hybridized carbons (Fsp3) is 0.922. The van der Waals surface area contributed by atoms with Crippen LogP contribution in [0.2, 0.25) is 0 Å². The standard InChI is InChI=1S/C51H99NO5/c1-4-7-10-13-16-19-21-22-23-24-25-26-27-28-29-32-35-38-41-44-51(56)57-47(42-39-36-33-31-20-17-14-11-8-5-2)45-50(55)52-48(46-53)49(54)43-40-37-34-30-18-15-12-9-6-3/h17,20,47-49,53-54H,4-16,18-19,21-46H2,1-3H3,(H,52,55)/b20-17-. The Labute approximate surface area is 355 Å². The number of rotatable bonds is 46. The summed E-state index contributed by atoms with van der Waals surface area (Å²) in [4.78, 5) is 26.0. The summed E-state index contributed by atoms with van der Waals surface area (Å²) in [5, 5.41) is 23.6. The molecule has 3 unspecified atom stereocenters. The van der Waals surface area contributed by atoms with Gasteiger partial charge >= 0.3 is 5.97 Å². The van der Waals surface area contributed by atoms with Gasteiger partial charge in [0.15, 0.2) is 0 Å². The predicted octanol–water partition coefficient (Wildman–Crippen LogP) is 15.0. The van der Waals surface area contributed by atoms with E-state index in [0.29, 0.717) is 19.3 Å². The fourth-order valence-corrected chi connectivity index (χ4v) is 7.96. The van der Waals surface area contributed by atoms with Crippen LogP contribution in [0.25, 0.3) is 0 Å². The number of hydrogen-bond acceptors (Lipinski definition) is 5. The Hall–Kier alpha value is -1.40. The van der Waals surface area contributed by atoms with Crippen molar-refractivity contribution < 1.29 is 24.5 Å². The molecule has 3 N–H and O–H groups in total. The van der Waals surface area contributed by atoms with E-state index in [1.165, 1.54) is 161 Å². The van der Waals surface area contributed by atoms with Crippen LogP contribution < -0.4 is 5.32 Å². The lowest BCUT2D eigenvalue weighted by Gasteiger charge is -2.24. The minimum atomic E-state index is -0.783. The van der Waals surface area contributed by atoms with Crippen LogP contribution in [0.3, 0.4) is 0 Å². The van der Waals surface area contributed by atoms with Crippen molar-refractivity contribution in [3.05, 3.63) is 12.2 Å². The molecule has 0 aliphatic rings. The van der Waals surface area contributed by atoms with Crippen LogP contribution in [0.5, 0.6) is 0 Å². The first kappa shape index (κ1) is 55.6. The Bertz CT molecular complexity index is 863. The van der Waals surface area contributed by atoms with Crippen molar-refractivity contribution >= 4 is 11.9 Å². The number of allylic oxidation sites excluding steroid dienone is 2. The molecule has 0 radical (unpaired) electrons. The average Bonchev–Trinajstić information content (AvgIpc) is 3.20. The van der Waals surface area contributed by atoms with Crippen molar-refractivity contribution in [3.8, 4) is 0 Å². The Balaban J connectivity index is 4.40. The largest absolute Gasteiger partial charge is 0.462 e. The minimum Gasteiger partial charge on any atom is -0.462 e. The number of unbranched alkanes of at least 4 members (excludes halogenated alkanes) is 32. The molecule has 0 saturated heterocycles. The maximum atomic E-state index is 13.1. The quantitative estimate of drug-likeness (QED) is 0.0323. The second kappa shape index (κ2) is 45.7. The molecule has 0 rings (SSSR count). The number of hydrogen-bond donors (Lipinski definition) is 3. The van der Waals surface area contributed by atoms with Gasteiger partial charge in [-0.2, -0.15) is 0 Å². The number of amides is 1. The predicted molar refractivity (Wildman–Crippen MR) is 246 cm³/mol. The molecule has 0 aliphatic carbocycles. The molecule has 0 aromatic carbocycles. The lowest BCUT2D eigenvalue weighted by atomic mass is 10.0. The van der Waals surface area contributed by atoms with Crippen LogP contribution in [-0.2, 0) is 14.3 Å². The zero-order valence-electron chi connectivity index (χ0n) is 38.5. The van der Waals surface area contributed by atoms with Gasteiger partial charge in [0.1, 0.15) is 6.10 Å². The van der Waals surface area contributed by atoms with Gasteiger partial charge < -0.3 is 20.3 Å². The summed E-state index contributed by atoms with van der Waals surface area (Å²) in [5.74, 6) is -0.476. The van der Waals surface area contributed by atoms with Gasteiger partial charge in [-0.25, -0.2) is 0 Å². The summed E-state index contributed by atoms with van der Waals surface area (Å²) in [6.45, 7) is 6.45. The molecule has 57 heavy (non-hydrogen) atoms. The number of esters is 1. The van der Waals surface area contributed by atoms with Crippen LogP contribution in [0.1, 0.15) is 278 Å². The SMILES string of the molecule is CCCCC/C=C\CCCCCC(CC(=O)NC(CO)C(O)CCCCCCCCCCC)OC(=O)CCCCCCCCCCCCCCCCCCCCC. The number of nitrogens with one attached hydrogen (secondary N) is 1. The first-order valence-corrected chi connectivity index (χ1v) is 25.4. The smallest absolute Gasteiger partial charge is 0.306 e.